The monoisotopic (exact) mass is 300 g/mol. The van der Waals surface area contributed by atoms with Crippen LogP contribution in [0.1, 0.15) is 6.92 Å². The Bertz CT molecular complexity index is 269. The first-order chi connectivity index (χ1) is 7.24. The maximum absolute atomic E-state index is 12.4. The van der Waals surface area contributed by atoms with Crippen LogP contribution in [0.25, 0.3) is 0 Å². The second-order valence-corrected chi connectivity index (χ2v) is 5.47. The van der Waals surface area contributed by atoms with E-state index in [0.717, 1.165) is 6.26 Å². The van der Waals surface area contributed by atoms with E-state index in [9.17, 15) is 22.0 Å². The maximum atomic E-state index is 12.4. The van der Waals surface area contributed by atoms with E-state index >= 15 is 0 Å². The summed E-state index contributed by atoms with van der Waals surface area (Å²) >= 11 is 0. The molecular formula is C5H8F5N2OP3. The van der Waals surface area contributed by atoms with Crippen LogP contribution in [0.2, 0.25) is 0 Å². The average Bonchev–Trinajstić information content (AvgIpc) is 2.16. The molecule has 0 saturated carbocycles. The van der Waals surface area contributed by atoms with Crippen LogP contribution in [0.5, 0.6) is 0 Å². The van der Waals surface area contributed by atoms with Gasteiger partial charge in [0, 0.05) is 0 Å². The summed E-state index contributed by atoms with van der Waals surface area (Å²) < 4.78 is 67.9. The number of alkyl halides is 5. The molecule has 94 valence electrons. The van der Waals surface area contributed by atoms with Gasteiger partial charge in [-0.25, -0.2) is 4.86 Å². The first kappa shape index (κ1) is 16.1. The second-order valence-electron chi connectivity index (χ2n) is 2.21. The summed E-state index contributed by atoms with van der Waals surface area (Å²) in [6.07, 6.45) is -3.01. The first-order valence-electron chi connectivity index (χ1n) is 3.66. The van der Waals surface area contributed by atoms with Crippen molar-refractivity contribution < 1.29 is 26.5 Å². The molecule has 11 heteroatoms. The van der Waals surface area contributed by atoms with Crippen LogP contribution in [-0.4, -0.2) is 11.8 Å². The smallest absolute Gasteiger partial charge is 0.447 e. The van der Waals surface area contributed by atoms with E-state index < -0.39 is 28.7 Å². The summed E-state index contributed by atoms with van der Waals surface area (Å²) in [7, 11) is -1.39. The Morgan fingerprint density at radius 3 is 2.31 bits per heavy atom. The van der Waals surface area contributed by atoms with E-state index in [2.05, 4.69) is 9.37 Å². The molecule has 0 aromatic rings. The maximum Gasteiger partial charge on any atom is 0.463 e. The second kappa shape index (κ2) is 6.75. The van der Waals surface area contributed by atoms with E-state index in [1.54, 1.807) is 6.92 Å². The summed E-state index contributed by atoms with van der Waals surface area (Å²) in [6.45, 7) is 1.60. The highest BCUT2D eigenvalue weighted by atomic mass is 31.2. The predicted octanol–water partition coefficient (Wildman–Crippen LogP) is 4.43. The molecule has 3 nitrogen and oxygen atoms in total. The van der Waals surface area contributed by atoms with E-state index in [1.807, 2.05) is 9.39 Å². The number of halogens is 5. The van der Waals surface area contributed by atoms with Gasteiger partial charge in [0.15, 0.2) is 0 Å². The van der Waals surface area contributed by atoms with Crippen molar-refractivity contribution in [2.45, 2.75) is 18.8 Å². The van der Waals surface area contributed by atoms with E-state index in [0.29, 0.717) is 0 Å². The number of nitrogens with one attached hydrogen (secondary N) is 1. The number of allylic oxidation sites excluding steroid dienone is 1. The van der Waals surface area contributed by atoms with Crippen molar-refractivity contribution in [2.75, 3.05) is 0 Å². The molecule has 0 heterocycles. The van der Waals surface area contributed by atoms with E-state index in [4.69, 9.17) is 4.52 Å². The Labute approximate surface area is 93.9 Å². The molecule has 0 rings (SSSR count). The fourth-order valence-corrected chi connectivity index (χ4v) is 2.56. The van der Waals surface area contributed by atoms with Crippen LogP contribution in [0.4, 0.5) is 22.0 Å². The SMILES string of the molecule is CC=COP(N=PC(F)(F)C(F)(F)F)NP. The predicted molar refractivity (Wildman–Crippen MR) is 56.0 cm³/mol. The molecule has 2 unspecified atom stereocenters. The van der Waals surface area contributed by atoms with Crippen molar-refractivity contribution in [1.29, 1.82) is 0 Å². The quantitative estimate of drug-likeness (QED) is 0.463. The Morgan fingerprint density at radius 1 is 1.38 bits per heavy atom. The van der Waals surface area contributed by atoms with Gasteiger partial charge in [0.05, 0.1) is 6.26 Å². The fraction of sp³-hybridized carbons (Fsp3) is 0.600. The van der Waals surface area contributed by atoms with Gasteiger partial charge in [-0.05, 0) is 6.92 Å². The molecule has 0 spiro atoms. The third-order valence-electron chi connectivity index (χ3n) is 1.000. The molecule has 2 atom stereocenters. The molecule has 0 radical (unpaired) electrons. The summed E-state index contributed by atoms with van der Waals surface area (Å²) in [5.74, 6) is 0. The first-order valence-corrected chi connectivity index (χ1v) is 6.30. The van der Waals surface area contributed by atoms with Gasteiger partial charge in [0.1, 0.15) is 8.37 Å². The lowest BCUT2D eigenvalue weighted by molar-refractivity contribution is -0.238. The molecule has 1 N–H and O–H groups in total. The van der Waals surface area contributed by atoms with Crippen LogP contribution in [0.15, 0.2) is 16.9 Å². The molecule has 0 aromatic carbocycles. The molecule has 0 aliphatic heterocycles. The fourth-order valence-electron chi connectivity index (χ4n) is 0.349. The van der Waals surface area contributed by atoms with Gasteiger partial charge in [-0.2, -0.15) is 26.5 Å². The molecule has 16 heavy (non-hydrogen) atoms. The summed E-state index contributed by atoms with van der Waals surface area (Å²) in [5, 5.41) is 0. The minimum atomic E-state index is -5.61. The highest BCUT2D eigenvalue weighted by Gasteiger charge is 2.57. The number of hydrogen-bond donors (Lipinski definition) is 1. The Balaban J connectivity index is 4.55. The van der Waals surface area contributed by atoms with Gasteiger partial charge in [0.25, 0.3) is 0 Å². The molecular weight excluding hydrogens is 292 g/mol. The lowest BCUT2D eigenvalue weighted by atomic mass is 10.7. The van der Waals surface area contributed by atoms with Gasteiger partial charge in [-0.3, -0.25) is 0 Å². The van der Waals surface area contributed by atoms with Crippen molar-refractivity contribution in [1.82, 2.24) is 4.86 Å². The van der Waals surface area contributed by atoms with Crippen LogP contribution < -0.4 is 4.86 Å². The zero-order chi connectivity index (χ0) is 12.8. The zero-order valence-corrected chi connectivity index (χ0v) is 10.8. The Kier molecular flexibility index (Phi) is 6.80. The molecule has 0 saturated heterocycles. The van der Waals surface area contributed by atoms with Crippen molar-refractivity contribution in [3.05, 3.63) is 12.3 Å². The molecule has 0 bridgehead atoms. The number of nitrogens with zero attached hydrogens (tertiary/aromatic N) is 1. The highest BCUT2D eigenvalue weighted by molar-refractivity contribution is 7.59. The largest absolute Gasteiger partial charge is 0.463 e. The molecule has 0 aliphatic carbocycles. The summed E-state index contributed by atoms with van der Waals surface area (Å²) in [4.78, 5) is 2.29. The summed E-state index contributed by atoms with van der Waals surface area (Å²) in [6, 6.07) is 0. The molecule has 0 amide bonds. The molecule has 0 aliphatic rings. The standard InChI is InChI=1S/C5H8F5N2OP3/c1-2-3-13-16(11-14)12-15-5(9,10)4(6,7)8/h2-3,11H,14H2,1H3. The topological polar surface area (TPSA) is 33.6 Å². The summed E-state index contributed by atoms with van der Waals surface area (Å²) in [5.41, 5.74) is -4.87. The van der Waals surface area contributed by atoms with Gasteiger partial charge in [-0.15, -0.1) is 0 Å². The average molecular weight is 300 g/mol. The third-order valence-corrected chi connectivity index (χ3v) is 3.72. The lowest BCUT2D eigenvalue weighted by Crippen LogP contribution is -2.30. The van der Waals surface area contributed by atoms with Crippen molar-refractivity contribution in [2.24, 2.45) is 4.52 Å². The van der Waals surface area contributed by atoms with Gasteiger partial charge >= 0.3 is 20.3 Å². The zero-order valence-electron chi connectivity index (χ0n) is 7.87. The number of hydrogen-bond acceptors (Lipinski definition) is 3. The molecule has 0 fully saturated rings. The van der Waals surface area contributed by atoms with Crippen LogP contribution in [0, 0.1) is 0 Å². The van der Waals surface area contributed by atoms with Gasteiger partial charge in [-0.1, -0.05) is 15.5 Å². The van der Waals surface area contributed by atoms with Crippen LogP contribution >= 0.6 is 26.2 Å². The van der Waals surface area contributed by atoms with Crippen LogP contribution in [-0.2, 0) is 4.52 Å². The van der Waals surface area contributed by atoms with Crippen molar-refractivity contribution in [3.8, 4) is 0 Å². The Hall–Kier alpha value is 0.110. The number of rotatable bonds is 5. The minimum Gasteiger partial charge on any atom is -0.447 e. The highest BCUT2D eigenvalue weighted by Crippen LogP contribution is 2.49. The minimum absolute atomic E-state index is 1.15. The normalized spacial score (nSPS) is 15.9. The van der Waals surface area contributed by atoms with Crippen molar-refractivity contribution >= 4 is 26.2 Å². The lowest BCUT2D eigenvalue weighted by Gasteiger charge is -2.14. The van der Waals surface area contributed by atoms with E-state index in [-0.39, 0.29) is 0 Å². The van der Waals surface area contributed by atoms with E-state index in [1.165, 1.54) is 6.08 Å². The van der Waals surface area contributed by atoms with Gasteiger partial charge < -0.3 is 4.52 Å². The van der Waals surface area contributed by atoms with Gasteiger partial charge in [0.2, 0.25) is 0 Å². The van der Waals surface area contributed by atoms with Crippen LogP contribution in [0.3, 0.4) is 0 Å². The third kappa shape index (κ3) is 5.44. The van der Waals surface area contributed by atoms with Crippen molar-refractivity contribution in [3.63, 3.8) is 0 Å². The Morgan fingerprint density at radius 2 is 1.94 bits per heavy atom. The molecule has 0 aromatic heterocycles.